The molecule has 0 saturated carbocycles. The van der Waals surface area contributed by atoms with Gasteiger partial charge in [-0.15, -0.1) is 0 Å². The molecule has 1 saturated heterocycles. The lowest BCUT2D eigenvalue weighted by molar-refractivity contribution is -0.244. The van der Waals surface area contributed by atoms with E-state index < -0.39 is 43.2 Å². The number of ether oxygens (including phenoxy) is 2. The van der Waals surface area contributed by atoms with Crippen molar-refractivity contribution in [1.82, 2.24) is 5.32 Å². The molecule has 122 valence electrons. The Hall–Kier alpha value is -1.38. The molecule has 22 heavy (non-hydrogen) atoms. The van der Waals surface area contributed by atoms with Gasteiger partial charge in [0.1, 0.15) is 30.1 Å². The maximum Gasteiger partial charge on any atom is 0.223 e. The Morgan fingerprint density at radius 2 is 2.05 bits per heavy atom. The molecule has 2 rings (SSSR count). The Bertz CT molecular complexity index is 528. The van der Waals surface area contributed by atoms with Gasteiger partial charge in [-0.25, -0.2) is 0 Å². The molecule has 1 heterocycles. The molecule has 1 aromatic rings. The summed E-state index contributed by atoms with van der Waals surface area (Å²) in [6, 6.07) is 5.62. The minimum Gasteiger partial charge on any atom is -0.461 e. The number of nitrogens with one attached hydrogen (secondary N) is 1. The van der Waals surface area contributed by atoms with Gasteiger partial charge < -0.3 is 30.1 Å². The van der Waals surface area contributed by atoms with Crippen molar-refractivity contribution in [3.63, 3.8) is 0 Å². The molecule has 0 spiro atoms. The van der Waals surface area contributed by atoms with E-state index >= 15 is 0 Å². The van der Waals surface area contributed by atoms with Crippen molar-refractivity contribution in [2.24, 2.45) is 0 Å². The van der Waals surface area contributed by atoms with Crippen LogP contribution in [0.15, 0.2) is 24.3 Å². The molecule has 1 aliphatic rings. The van der Waals surface area contributed by atoms with Crippen LogP contribution in [-0.2, 0) is 9.53 Å². The van der Waals surface area contributed by atoms with Crippen LogP contribution in [0.3, 0.4) is 0 Å². The van der Waals surface area contributed by atoms with Gasteiger partial charge in [-0.1, -0.05) is 23.7 Å². The molecule has 0 bridgehead atoms. The molecule has 1 fully saturated rings. The fraction of sp³-hybridized carbons (Fsp3) is 0.500. The maximum atomic E-state index is 11.3. The van der Waals surface area contributed by atoms with E-state index in [1.165, 1.54) is 6.92 Å². The number of amides is 1. The van der Waals surface area contributed by atoms with E-state index in [1.807, 2.05) is 0 Å². The molecule has 8 heteroatoms. The predicted molar refractivity (Wildman–Crippen MR) is 77.4 cm³/mol. The summed E-state index contributed by atoms with van der Waals surface area (Å²) < 4.78 is 11.0. The van der Waals surface area contributed by atoms with E-state index in [-0.39, 0.29) is 0 Å². The number of aliphatic hydroxyl groups excluding tert-OH is 3. The number of para-hydroxylation sites is 1. The number of carbonyl (C=O) groups excluding carboxylic acids is 1. The molecule has 1 aliphatic heterocycles. The summed E-state index contributed by atoms with van der Waals surface area (Å²) in [7, 11) is 0. The Morgan fingerprint density at radius 3 is 2.64 bits per heavy atom. The highest BCUT2D eigenvalue weighted by molar-refractivity contribution is 6.32. The lowest BCUT2D eigenvalue weighted by Gasteiger charge is -2.42. The number of benzene rings is 1. The summed E-state index contributed by atoms with van der Waals surface area (Å²) in [6.07, 6.45) is -4.86. The fourth-order valence-corrected chi connectivity index (χ4v) is 2.42. The minimum absolute atomic E-state index is 0.296. The smallest absolute Gasteiger partial charge is 0.223 e. The van der Waals surface area contributed by atoms with E-state index in [4.69, 9.17) is 21.1 Å². The summed E-state index contributed by atoms with van der Waals surface area (Å²) in [4.78, 5) is 11.3. The minimum atomic E-state index is -1.36. The van der Waals surface area contributed by atoms with Gasteiger partial charge in [0.25, 0.3) is 0 Å². The number of halogens is 1. The average Bonchev–Trinajstić information content (AvgIpc) is 2.48. The first-order valence-corrected chi connectivity index (χ1v) is 7.12. The highest BCUT2D eigenvalue weighted by Gasteiger charge is 2.46. The number of aliphatic hydroxyl groups is 3. The molecule has 4 N–H and O–H groups in total. The first kappa shape index (κ1) is 17.0. The van der Waals surface area contributed by atoms with Gasteiger partial charge in [0.2, 0.25) is 12.2 Å². The zero-order chi connectivity index (χ0) is 16.3. The monoisotopic (exact) mass is 331 g/mol. The first-order valence-electron chi connectivity index (χ1n) is 6.74. The normalized spacial score (nSPS) is 31.6. The van der Waals surface area contributed by atoms with Gasteiger partial charge in [-0.05, 0) is 12.1 Å². The SMILES string of the molecule is CC(=O)N[C@@H]1[C@H](Oc2ccccc2Cl)O[C@H](CO)[C@@H](O)[C@@H]1O. The standard InChI is InChI=1S/C14H18ClNO6/c1-7(18)16-11-13(20)12(19)10(6-17)22-14(11)21-9-5-3-2-4-8(9)15/h2-5,10-14,17,19-20H,6H2,1H3,(H,16,18)/t10-,11+,12-,13-,14-/m1/s1. The van der Waals surface area contributed by atoms with E-state index in [0.29, 0.717) is 10.8 Å². The predicted octanol–water partition coefficient (Wildman–Crippen LogP) is -0.338. The summed E-state index contributed by atoms with van der Waals surface area (Å²) in [5.74, 6) is -0.125. The van der Waals surface area contributed by atoms with Gasteiger partial charge in [-0.3, -0.25) is 4.79 Å². The van der Waals surface area contributed by atoms with Crippen LogP contribution in [0.1, 0.15) is 6.92 Å². The van der Waals surface area contributed by atoms with Gasteiger partial charge in [0.15, 0.2) is 0 Å². The molecular formula is C14H18ClNO6. The zero-order valence-corrected chi connectivity index (χ0v) is 12.6. The Morgan fingerprint density at radius 1 is 1.36 bits per heavy atom. The Labute approximate surface area is 132 Å². The molecule has 0 aliphatic carbocycles. The van der Waals surface area contributed by atoms with Crippen LogP contribution < -0.4 is 10.1 Å². The Balaban J connectivity index is 2.23. The fourth-order valence-electron chi connectivity index (χ4n) is 2.24. The van der Waals surface area contributed by atoms with Crippen LogP contribution in [0.25, 0.3) is 0 Å². The quantitative estimate of drug-likeness (QED) is 0.601. The summed E-state index contributed by atoms with van der Waals surface area (Å²) >= 11 is 6.00. The second-order valence-corrected chi connectivity index (χ2v) is 5.39. The molecule has 0 aromatic heterocycles. The second-order valence-electron chi connectivity index (χ2n) is 4.98. The number of rotatable bonds is 4. The van der Waals surface area contributed by atoms with Gasteiger partial charge in [0.05, 0.1) is 11.6 Å². The van der Waals surface area contributed by atoms with E-state index in [0.717, 1.165) is 0 Å². The molecule has 1 aromatic carbocycles. The third-order valence-electron chi connectivity index (χ3n) is 3.33. The second kappa shape index (κ2) is 7.26. The van der Waals surface area contributed by atoms with E-state index in [1.54, 1.807) is 24.3 Å². The van der Waals surface area contributed by atoms with Crippen molar-refractivity contribution < 1.29 is 29.6 Å². The molecule has 1 amide bonds. The van der Waals surface area contributed by atoms with Crippen LogP contribution in [0, 0.1) is 0 Å². The number of carbonyl (C=O) groups is 1. The molecule has 0 radical (unpaired) electrons. The van der Waals surface area contributed by atoms with Crippen molar-refractivity contribution >= 4 is 17.5 Å². The lowest BCUT2D eigenvalue weighted by atomic mass is 9.97. The van der Waals surface area contributed by atoms with E-state index in [9.17, 15) is 20.1 Å². The third-order valence-corrected chi connectivity index (χ3v) is 3.64. The van der Waals surface area contributed by atoms with Crippen LogP contribution in [-0.4, -0.2) is 58.5 Å². The average molecular weight is 332 g/mol. The maximum absolute atomic E-state index is 11.3. The number of hydrogen-bond acceptors (Lipinski definition) is 6. The van der Waals surface area contributed by atoms with Crippen molar-refractivity contribution in [2.45, 2.75) is 37.6 Å². The molecule has 7 nitrogen and oxygen atoms in total. The van der Waals surface area contributed by atoms with Gasteiger partial charge in [0, 0.05) is 6.92 Å². The van der Waals surface area contributed by atoms with Gasteiger partial charge in [-0.2, -0.15) is 0 Å². The molecule has 0 unspecified atom stereocenters. The lowest BCUT2D eigenvalue weighted by Crippen LogP contribution is -2.65. The van der Waals surface area contributed by atoms with Crippen LogP contribution in [0.4, 0.5) is 0 Å². The van der Waals surface area contributed by atoms with Gasteiger partial charge >= 0.3 is 0 Å². The first-order chi connectivity index (χ1) is 10.4. The summed E-state index contributed by atoms with van der Waals surface area (Å²) in [6.45, 7) is 0.761. The Kier molecular flexibility index (Phi) is 5.60. The molecule has 5 atom stereocenters. The van der Waals surface area contributed by atoms with Crippen LogP contribution in [0.2, 0.25) is 5.02 Å². The van der Waals surface area contributed by atoms with E-state index in [2.05, 4.69) is 5.32 Å². The third kappa shape index (κ3) is 3.68. The number of hydrogen-bond donors (Lipinski definition) is 4. The van der Waals surface area contributed by atoms with Crippen molar-refractivity contribution in [3.05, 3.63) is 29.3 Å². The van der Waals surface area contributed by atoms with Crippen LogP contribution in [0.5, 0.6) is 5.75 Å². The highest BCUT2D eigenvalue weighted by atomic mass is 35.5. The summed E-state index contributed by atoms with van der Waals surface area (Å²) in [5.41, 5.74) is 0. The largest absolute Gasteiger partial charge is 0.461 e. The highest BCUT2D eigenvalue weighted by Crippen LogP contribution is 2.28. The van der Waals surface area contributed by atoms with Crippen molar-refractivity contribution in [3.8, 4) is 5.75 Å². The summed E-state index contributed by atoms with van der Waals surface area (Å²) in [5, 5.41) is 32.0. The van der Waals surface area contributed by atoms with Crippen molar-refractivity contribution in [1.29, 1.82) is 0 Å². The van der Waals surface area contributed by atoms with Crippen molar-refractivity contribution in [2.75, 3.05) is 6.61 Å². The zero-order valence-electron chi connectivity index (χ0n) is 11.8. The topological polar surface area (TPSA) is 108 Å². The molecular weight excluding hydrogens is 314 g/mol. The van der Waals surface area contributed by atoms with Crippen LogP contribution >= 0.6 is 11.6 Å².